The van der Waals surface area contributed by atoms with Gasteiger partial charge in [0.1, 0.15) is 12.3 Å². The van der Waals surface area contributed by atoms with Crippen molar-refractivity contribution in [3.8, 4) is 0 Å². The molecule has 2 fully saturated rings. The van der Waals surface area contributed by atoms with E-state index in [0.717, 1.165) is 37.7 Å². The molecule has 2 saturated carbocycles. The van der Waals surface area contributed by atoms with Gasteiger partial charge in [0.15, 0.2) is 0 Å². The Balaban J connectivity index is 2.10. The van der Waals surface area contributed by atoms with Gasteiger partial charge in [0.05, 0.1) is 5.30 Å². The van der Waals surface area contributed by atoms with Crippen LogP contribution in [-0.4, -0.2) is 22.1 Å². The van der Waals surface area contributed by atoms with E-state index in [1.807, 2.05) is 0 Å². The van der Waals surface area contributed by atoms with Gasteiger partial charge in [0.2, 0.25) is 0 Å². The SMILES string of the molecule is Cc1cc(C2CCCCC2F)cc(C2CCCCC2F)c1P(=O)(O)O. The molecule has 0 aromatic heterocycles. The van der Waals surface area contributed by atoms with E-state index in [1.165, 1.54) is 0 Å². The number of alkyl halides is 2. The Morgan fingerprint density at radius 2 is 1.44 bits per heavy atom. The average molecular weight is 372 g/mol. The zero-order valence-corrected chi connectivity index (χ0v) is 15.5. The van der Waals surface area contributed by atoms with Crippen LogP contribution in [0.1, 0.15) is 79.9 Å². The first-order valence-corrected chi connectivity index (χ1v) is 10.9. The van der Waals surface area contributed by atoms with Crippen LogP contribution in [0.3, 0.4) is 0 Å². The first kappa shape index (κ1) is 19.0. The molecule has 3 rings (SSSR count). The summed E-state index contributed by atoms with van der Waals surface area (Å²) in [6, 6.07) is 3.41. The molecular weight excluding hydrogens is 345 g/mol. The van der Waals surface area contributed by atoms with Gasteiger partial charge in [-0.2, -0.15) is 0 Å². The summed E-state index contributed by atoms with van der Waals surface area (Å²) in [5, 5.41) is -0.0444. The number of benzene rings is 1. The quantitative estimate of drug-likeness (QED) is 0.750. The average Bonchev–Trinajstić information content (AvgIpc) is 2.53. The lowest BCUT2D eigenvalue weighted by molar-refractivity contribution is 0.213. The summed E-state index contributed by atoms with van der Waals surface area (Å²) in [7, 11) is -4.52. The molecule has 4 atom stereocenters. The summed E-state index contributed by atoms with van der Waals surface area (Å²) in [6.45, 7) is 1.65. The van der Waals surface area contributed by atoms with Crippen molar-refractivity contribution in [2.24, 2.45) is 0 Å². The number of rotatable bonds is 3. The third kappa shape index (κ3) is 3.99. The monoisotopic (exact) mass is 372 g/mol. The molecule has 140 valence electrons. The molecule has 0 radical (unpaired) electrons. The molecule has 2 aliphatic carbocycles. The highest BCUT2D eigenvalue weighted by Crippen LogP contribution is 2.45. The van der Waals surface area contributed by atoms with E-state index in [-0.39, 0.29) is 11.2 Å². The molecule has 0 aliphatic heterocycles. The number of hydrogen-bond acceptors (Lipinski definition) is 1. The van der Waals surface area contributed by atoms with Crippen molar-refractivity contribution < 1.29 is 23.1 Å². The maximum atomic E-state index is 14.6. The topological polar surface area (TPSA) is 57.5 Å². The molecule has 4 unspecified atom stereocenters. The third-order valence-electron chi connectivity index (χ3n) is 5.83. The molecule has 0 heterocycles. The van der Waals surface area contributed by atoms with E-state index in [4.69, 9.17) is 0 Å². The summed E-state index contributed by atoms with van der Waals surface area (Å²) < 4.78 is 41.1. The Kier molecular flexibility index (Phi) is 5.67. The molecule has 3 nitrogen and oxygen atoms in total. The van der Waals surface area contributed by atoms with Crippen LogP contribution in [0.5, 0.6) is 0 Å². The van der Waals surface area contributed by atoms with E-state index >= 15 is 0 Å². The standard InChI is InChI=1S/C19H27F2O3P/c1-12-10-13(14-6-2-4-8-17(14)20)11-16(19(12)25(22,23)24)15-7-3-5-9-18(15)21/h10-11,14-15,17-18H,2-9H2,1H3,(H2,22,23,24). The lowest BCUT2D eigenvalue weighted by atomic mass is 9.78. The Bertz CT molecular complexity index is 673. The Morgan fingerprint density at radius 1 is 0.920 bits per heavy atom. The minimum absolute atomic E-state index is 0.0444. The highest BCUT2D eigenvalue weighted by atomic mass is 31.2. The van der Waals surface area contributed by atoms with Gasteiger partial charge in [-0.15, -0.1) is 0 Å². The Hall–Kier alpha value is -0.770. The van der Waals surface area contributed by atoms with Crippen molar-refractivity contribution in [2.75, 3.05) is 0 Å². The van der Waals surface area contributed by atoms with Gasteiger partial charge in [0.25, 0.3) is 0 Å². The molecule has 2 N–H and O–H groups in total. The second-order valence-electron chi connectivity index (χ2n) is 7.63. The fraction of sp³-hybridized carbons (Fsp3) is 0.684. The predicted molar refractivity (Wildman–Crippen MR) is 95.1 cm³/mol. The molecule has 0 bridgehead atoms. The maximum absolute atomic E-state index is 14.6. The van der Waals surface area contributed by atoms with Crippen molar-refractivity contribution in [3.05, 3.63) is 28.8 Å². The van der Waals surface area contributed by atoms with E-state index in [0.29, 0.717) is 30.4 Å². The van der Waals surface area contributed by atoms with Crippen LogP contribution >= 0.6 is 7.60 Å². The minimum Gasteiger partial charge on any atom is -0.321 e. The molecule has 1 aromatic rings. The number of aryl methyl sites for hydroxylation is 1. The number of halogens is 2. The largest absolute Gasteiger partial charge is 0.356 e. The van der Waals surface area contributed by atoms with Crippen LogP contribution in [0, 0.1) is 6.92 Å². The van der Waals surface area contributed by atoms with Crippen LogP contribution < -0.4 is 5.30 Å². The zero-order chi connectivity index (χ0) is 18.2. The molecule has 2 aliphatic rings. The van der Waals surface area contributed by atoms with Gasteiger partial charge in [-0.25, -0.2) is 8.78 Å². The van der Waals surface area contributed by atoms with Crippen molar-refractivity contribution >= 4 is 12.9 Å². The van der Waals surface area contributed by atoms with Crippen LogP contribution in [0.2, 0.25) is 0 Å². The van der Waals surface area contributed by atoms with Crippen molar-refractivity contribution in [3.63, 3.8) is 0 Å². The van der Waals surface area contributed by atoms with Crippen LogP contribution in [-0.2, 0) is 4.57 Å². The van der Waals surface area contributed by atoms with Gasteiger partial charge in [0, 0.05) is 11.8 Å². The smallest absolute Gasteiger partial charge is 0.321 e. The lowest BCUT2D eigenvalue weighted by Crippen LogP contribution is -2.27. The summed E-state index contributed by atoms with van der Waals surface area (Å²) >= 11 is 0. The van der Waals surface area contributed by atoms with Crippen LogP contribution in [0.4, 0.5) is 8.78 Å². The molecule has 0 saturated heterocycles. The van der Waals surface area contributed by atoms with E-state index in [9.17, 15) is 23.1 Å². The molecule has 0 spiro atoms. The second-order valence-corrected chi connectivity index (χ2v) is 9.17. The molecular formula is C19H27F2O3P. The van der Waals surface area contributed by atoms with Gasteiger partial charge >= 0.3 is 7.60 Å². The fourth-order valence-corrected chi connectivity index (χ4v) is 5.72. The van der Waals surface area contributed by atoms with Gasteiger partial charge < -0.3 is 9.79 Å². The van der Waals surface area contributed by atoms with Gasteiger partial charge in [-0.3, -0.25) is 4.57 Å². The Morgan fingerprint density at radius 3 is 1.96 bits per heavy atom. The molecule has 25 heavy (non-hydrogen) atoms. The minimum atomic E-state index is -4.52. The van der Waals surface area contributed by atoms with E-state index in [2.05, 4.69) is 0 Å². The predicted octanol–water partition coefficient (Wildman–Crippen LogP) is 4.79. The Labute approximate surface area is 148 Å². The second kappa shape index (κ2) is 7.46. The van der Waals surface area contributed by atoms with Crippen LogP contribution in [0.15, 0.2) is 12.1 Å². The van der Waals surface area contributed by atoms with Gasteiger partial charge in [-0.05, 0) is 49.3 Å². The number of hydrogen-bond donors (Lipinski definition) is 2. The lowest BCUT2D eigenvalue weighted by Gasteiger charge is -2.32. The fourth-order valence-electron chi connectivity index (χ4n) is 4.63. The summed E-state index contributed by atoms with van der Waals surface area (Å²) in [6.07, 6.45) is 3.71. The highest BCUT2D eigenvalue weighted by molar-refractivity contribution is 7.60. The summed E-state index contributed by atoms with van der Waals surface area (Å²) in [5.74, 6) is -0.754. The van der Waals surface area contributed by atoms with Crippen molar-refractivity contribution in [2.45, 2.75) is 82.5 Å². The van der Waals surface area contributed by atoms with E-state index in [1.54, 1.807) is 19.1 Å². The zero-order valence-electron chi connectivity index (χ0n) is 14.6. The first-order valence-electron chi connectivity index (χ1n) is 9.27. The van der Waals surface area contributed by atoms with Crippen molar-refractivity contribution in [1.82, 2.24) is 0 Å². The molecule has 6 heteroatoms. The summed E-state index contributed by atoms with van der Waals surface area (Å²) in [5.41, 5.74) is 1.64. The third-order valence-corrected chi connectivity index (χ3v) is 7.03. The normalized spacial score (nSPS) is 31.1. The first-order chi connectivity index (χ1) is 11.8. The maximum Gasteiger partial charge on any atom is 0.356 e. The molecule has 1 aromatic carbocycles. The molecule has 0 amide bonds. The van der Waals surface area contributed by atoms with E-state index < -0.39 is 25.9 Å². The van der Waals surface area contributed by atoms with Gasteiger partial charge in [-0.1, -0.05) is 37.8 Å². The summed E-state index contributed by atoms with van der Waals surface area (Å²) in [4.78, 5) is 19.7. The highest BCUT2D eigenvalue weighted by Gasteiger charge is 2.35. The van der Waals surface area contributed by atoms with Crippen molar-refractivity contribution in [1.29, 1.82) is 0 Å². The van der Waals surface area contributed by atoms with Crippen LogP contribution in [0.25, 0.3) is 0 Å².